The standard InChI is InChI=1S/C17H22N2O3/c1-12-13(10-18-22-12)11-19-8-4-5-16(19)15-7-6-14(20-2)9-17(15)21-3/h6-7,9-10,16H,4-5,8,11H2,1-3H3/t16-/m0/s1. The predicted molar refractivity (Wildman–Crippen MR) is 83.2 cm³/mol. The maximum absolute atomic E-state index is 5.57. The van der Waals surface area contributed by atoms with E-state index in [4.69, 9.17) is 14.0 Å². The second kappa shape index (κ2) is 6.40. The Morgan fingerprint density at radius 1 is 1.32 bits per heavy atom. The SMILES string of the molecule is COc1ccc([C@@H]2CCCN2Cc2cnoc2C)c(OC)c1. The van der Waals surface area contributed by atoms with Crippen LogP contribution in [0.4, 0.5) is 0 Å². The quantitative estimate of drug-likeness (QED) is 0.848. The van der Waals surface area contributed by atoms with Crippen molar-refractivity contribution in [3.8, 4) is 11.5 Å². The van der Waals surface area contributed by atoms with Gasteiger partial charge in [0.15, 0.2) is 0 Å². The Balaban J connectivity index is 1.85. The molecule has 118 valence electrons. The first-order valence-corrected chi connectivity index (χ1v) is 7.59. The summed E-state index contributed by atoms with van der Waals surface area (Å²) in [5.41, 5.74) is 2.37. The first kappa shape index (κ1) is 14.9. The van der Waals surface area contributed by atoms with Crippen LogP contribution in [0.25, 0.3) is 0 Å². The fraction of sp³-hybridized carbons (Fsp3) is 0.471. The van der Waals surface area contributed by atoms with E-state index < -0.39 is 0 Å². The fourth-order valence-corrected chi connectivity index (χ4v) is 3.15. The molecule has 1 aromatic heterocycles. The van der Waals surface area contributed by atoms with Crippen LogP contribution in [0.2, 0.25) is 0 Å². The van der Waals surface area contributed by atoms with Crippen molar-refractivity contribution in [2.24, 2.45) is 0 Å². The first-order chi connectivity index (χ1) is 10.7. The monoisotopic (exact) mass is 302 g/mol. The van der Waals surface area contributed by atoms with Gasteiger partial charge in [0.1, 0.15) is 17.3 Å². The van der Waals surface area contributed by atoms with Crippen LogP contribution in [-0.2, 0) is 6.54 Å². The van der Waals surface area contributed by atoms with Gasteiger partial charge in [0, 0.05) is 29.8 Å². The zero-order chi connectivity index (χ0) is 15.5. The highest BCUT2D eigenvalue weighted by Gasteiger charge is 2.29. The van der Waals surface area contributed by atoms with Crippen molar-refractivity contribution >= 4 is 0 Å². The van der Waals surface area contributed by atoms with E-state index in [1.807, 2.05) is 25.3 Å². The molecule has 0 aliphatic carbocycles. The average molecular weight is 302 g/mol. The molecule has 0 radical (unpaired) electrons. The molecule has 0 unspecified atom stereocenters. The van der Waals surface area contributed by atoms with Crippen LogP contribution in [0.3, 0.4) is 0 Å². The lowest BCUT2D eigenvalue weighted by Crippen LogP contribution is -2.23. The van der Waals surface area contributed by atoms with Crippen molar-refractivity contribution < 1.29 is 14.0 Å². The third-order valence-electron chi connectivity index (χ3n) is 4.39. The molecule has 1 saturated heterocycles. The molecular formula is C17H22N2O3. The largest absolute Gasteiger partial charge is 0.497 e. The molecule has 1 aliphatic rings. The Morgan fingerprint density at radius 2 is 2.18 bits per heavy atom. The molecule has 22 heavy (non-hydrogen) atoms. The van der Waals surface area contributed by atoms with Crippen molar-refractivity contribution in [3.63, 3.8) is 0 Å². The number of aromatic nitrogens is 1. The van der Waals surface area contributed by atoms with Gasteiger partial charge >= 0.3 is 0 Å². The molecule has 2 aromatic rings. The maximum atomic E-state index is 5.57. The van der Waals surface area contributed by atoms with Crippen molar-refractivity contribution in [1.82, 2.24) is 10.1 Å². The predicted octanol–water partition coefficient (Wildman–Crippen LogP) is 3.34. The summed E-state index contributed by atoms with van der Waals surface area (Å²) >= 11 is 0. The molecular weight excluding hydrogens is 280 g/mol. The van der Waals surface area contributed by atoms with E-state index in [2.05, 4.69) is 16.1 Å². The van der Waals surface area contributed by atoms with Crippen molar-refractivity contribution in [2.75, 3.05) is 20.8 Å². The van der Waals surface area contributed by atoms with Crippen molar-refractivity contribution in [3.05, 3.63) is 41.3 Å². The smallest absolute Gasteiger partial charge is 0.138 e. The molecule has 5 nitrogen and oxygen atoms in total. The summed E-state index contributed by atoms with van der Waals surface area (Å²) in [6.07, 6.45) is 4.13. The van der Waals surface area contributed by atoms with E-state index >= 15 is 0 Å². The summed E-state index contributed by atoms with van der Waals surface area (Å²) in [4.78, 5) is 2.46. The molecule has 5 heteroatoms. The molecule has 1 aromatic carbocycles. The van der Waals surface area contributed by atoms with E-state index in [-0.39, 0.29) is 0 Å². The lowest BCUT2D eigenvalue weighted by molar-refractivity contribution is 0.241. The van der Waals surface area contributed by atoms with E-state index in [0.29, 0.717) is 6.04 Å². The summed E-state index contributed by atoms with van der Waals surface area (Å²) in [5, 5.41) is 3.88. The number of hydrogen-bond donors (Lipinski definition) is 0. The molecule has 1 fully saturated rings. The summed E-state index contributed by atoms with van der Waals surface area (Å²) < 4.78 is 16.0. The highest BCUT2D eigenvalue weighted by atomic mass is 16.5. The van der Waals surface area contributed by atoms with E-state index in [1.54, 1.807) is 14.2 Å². The molecule has 1 atom stereocenters. The zero-order valence-corrected chi connectivity index (χ0v) is 13.3. The maximum Gasteiger partial charge on any atom is 0.138 e. The van der Waals surface area contributed by atoms with E-state index in [1.165, 1.54) is 12.0 Å². The number of likely N-dealkylation sites (tertiary alicyclic amines) is 1. The summed E-state index contributed by atoms with van der Waals surface area (Å²) in [6.45, 7) is 3.89. The molecule has 1 aliphatic heterocycles. The van der Waals surface area contributed by atoms with Gasteiger partial charge in [-0.25, -0.2) is 0 Å². The van der Waals surface area contributed by atoms with Crippen LogP contribution in [0.1, 0.15) is 35.8 Å². The van der Waals surface area contributed by atoms with Crippen LogP contribution in [0.15, 0.2) is 28.9 Å². The van der Waals surface area contributed by atoms with Gasteiger partial charge in [-0.15, -0.1) is 0 Å². The lowest BCUT2D eigenvalue weighted by Gasteiger charge is -2.26. The topological polar surface area (TPSA) is 47.7 Å². The molecule has 2 heterocycles. The third kappa shape index (κ3) is 2.81. The van der Waals surface area contributed by atoms with Gasteiger partial charge in [-0.3, -0.25) is 4.90 Å². The van der Waals surface area contributed by atoms with Crippen LogP contribution >= 0.6 is 0 Å². The van der Waals surface area contributed by atoms with Gasteiger partial charge in [0.2, 0.25) is 0 Å². The molecule has 0 bridgehead atoms. The zero-order valence-electron chi connectivity index (χ0n) is 13.3. The normalized spacial score (nSPS) is 18.6. The van der Waals surface area contributed by atoms with Crippen molar-refractivity contribution in [1.29, 1.82) is 0 Å². The molecule has 3 rings (SSSR count). The Labute approximate surface area is 130 Å². The second-order valence-corrected chi connectivity index (χ2v) is 5.64. The van der Waals surface area contributed by atoms with Crippen LogP contribution in [-0.4, -0.2) is 30.8 Å². The van der Waals surface area contributed by atoms with Gasteiger partial charge in [0.05, 0.1) is 20.4 Å². The van der Waals surface area contributed by atoms with Crippen molar-refractivity contribution in [2.45, 2.75) is 32.4 Å². The van der Waals surface area contributed by atoms with Gasteiger partial charge in [-0.05, 0) is 32.4 Å². The Bertz CT molecular complexity index is 639. The average Bonchev–Trinajstić information content (AvgIpc) is 3.16. The first-order valence-electron chi connectivity index (χ1n) is 7.59. The highest BCUT2D eigenvalue weighted by molar-refractivity contribution is 5.43. The Morgan fingerprint density at radius 3 is 2.86 bits per heavy atom. The summed E-state index contributed by atoms with van der Waals surface area (Å²) in [5.74, 6) is 2.60. The number of hydrogen-bond acceptors (Lipinski definition) is 5. The summed E-state index contributed by atoms with van der Waals surface area (Å²) in [6, 6.07) is 6.42. The Hall–Kier alpha value is -2.01. The fourth-order valence-electron chi connectivity index (χ4n) is 3.15. The van der Waals surface area contributed by atoms with Gasteiger partial charge in [-0.2, -0.15) is 0 Å². The number of methoxy groups -OCH3 is 2. The van der Waals surface area contributed by atoms with Gasteiger partial charge < -0.3 is 14.0 Å². The number of rotatable bonds is 5. The van der Waals surface area contributed by atoms with Gasteiger partial charge in [0.25, 0.3) is 0 Å². The summed E-state index contributed by atoms with van der Waals surface area (Å²) in [7, 11) is 3.38. The molecule has 0 N–H and O–H groups in total. The highest BCUT2D eigenvalue weighted by Crippen LogP contribution is 2.39. The third-order valence-corrected chi connectivity index (χ3v) is 4.39. The minimum absolute atomic E-state index is 0.357. The minimum atomic E-state index is 0.357. The lowest BCUT2D eigenvalue weighted by atomic mass is 10.0. The Kier molecular flexibility index (Phi) is 4.34. The van der Waals surface area contributed by atoms with E-state index in [9.17, 15) is 0 Å². The minimum Gasteiger partial charge on any atom is -0.497 e. The number of ether oxygens (including phenoxy) is 2. The number of aryl methyl sites for hydroxylation is 1. The van der Waals surface area contributed by atoms with Crippen LogP contribution in [0, 0.1) is 6.92 Å². The van der Waals surface area contributed by atoms with E-state index in [0.717, 1.165) is 42.3 Å². The number of nitrogens with zero attached hydrogens (tertiary/aromatic N) is 2. The van der Waals surface area contributed by atoms with Crippen LogP contribution < -0.4 is 9.47 Å². The molecule has 0 spiro atoms. The second-order valence-electron chi connectivity index (χ2n) is 5.64. The number of benzene rings is 1. The van der Waals surface area contributed by atoms with Crippen LogP contribution in [0.5, 0.6) is 11.5 Å². The van der Waals surface area contributed by atoms with Gasteiger partial charge in [-0.1, -0.05) is 11.2 Å². The molecule has 0 saturated carbocycles. The molecule has 0 amide bonds.